The maximum atomic E-state index is 12.2. The summed E-state index contributed by atoms with van der Waals surface area (Å²) < 4.78 is 5.47. The lowest BCUT2D eigenvalue weighted by molar-refractivity contribution is 0.0278. The number of anilines is 1. The van der Waals surface area contributed by atoms with Crippen molar-refractivity contribution in [3.63, 3.8) is 0 Å². The number of carbonyl (C=O) groups excluding carboxylic acids is 2. The van der Waals surface area contributed by atoms with Gasteiger partial charge in [0.1, 0.15) is 6.10 Å². The molecule has 1 fully saturated rings. The first-order chi connectivity index (χ1) is 11.2. The average Bonchev–Trinajstić information content (AvgIpc) is 3.01. The summed E-state index contributed by atoms with van der Waals surface area (Å²) in [5.41, 5.74) is 1.87. The SMILES string of the molecule is N#CC1=CCCC(OC(=O)c2ccc(N3CCNC3=O)cc2)C1. The number of urea groups is 1. The molecule has 1 aromatic carbocycles. The molecule has 1 N–H and O–H groups in total. The summed E-state index contributed by atoms with van der Waals surface area (Å²) in [5.74, 6) is -0.397. The second-order valence-corrected chi connectivity index (χ2v) is 5.58. The summed E-state index contributed by atoms with van der Waals surface area (Å²) in [6.45, 7) is 1.24. The first-order valence-electron chi connectivity index (χ1n) is 7.63. The first-order valence-corrected chi connectivity index (χ1v) is 7.63. The first kappa shape index (κ1) is 15.1. The number of benzene rings is 1. The summed E-state index contributed by atoms with van der Waals surface area (Å²) >= 11 is 0. The molecular formula is C17H17N3O3. The van der Waals surface area contributed by atoms with Crippen molar-refractivity contribution in [1.29, 1.82) is 5.26 Å². The number of nitriles is 1. The predicted octanol–water partition coefficient (Wildman–Crippen LogP) is 2.38. The van der Waals surface area contributed by atoms with Gasteiger partial charge in [-0.25, -0.2) is 9.59 Å². The Bertz CT molecular complexity index is 688. The fourth-order valence-electron chi connectivity index (χ4n) is 2.78. The number of hydrogen-bond acceptors (Lipinski definition) is 4. The normalized spacial score (nSPS) is 20.5. The number of nitrogens with zero attached hydrogens (tertiary/aromatic N) is 2. The summed E-state index contributed by atoms with van der Waals surface area (Å²) in [4.78, 5) is 25.4. The van der Waals surface area contributed by atoms with Crippen molar-refractivity contribution in [3.8, 4) is 6.07 Å². The van der Waals surface area contributed by atoms with E-state index in [1.165, 1.54) is 0 Å². The van der Waals surface area contributed by atoms with Crippen LogP contribution in [0.25, 0.3) is 0 Å². The number of rotatable bonds is 3. The van der Waals surface area contributed by atoms with Gasteiger partial charge in [0.2, 0.25) is 0 Å². The van der Waals surface area contributed by atoms with E-state index in [0.29, 0.717) is 30.6 Å². The highest BCUT2D eigenvalue weighted by molar-refractivity contribution is 5.95. The summed E-state index contributed by atoms with van der Waals surface area (Å²) in [6.07, 6.45) is 3.62. The van der Waals surface area contributed by atoms with Crippen molar-refractivity contribution >= 4 is 17.7 Å². The number of carbonyl (C=O) groups is 2. The molecule has 1 atom stereocenters. The molecule has 0 aromatic heterocycles. The number of amides is 2. The molecule has 0 saturated carbocycles. The molecule has 0 bridgehead atoms. The maximum Gasteiger partial charge on any atom is 0.338 e. The van der Waals surface area contributed by atoms with Crippen LogP contribution < -0.4 is 10.2 Å². The molecule has 2 aliphatic rings. The fraction of sp³-hybridized carbons (Fsp3) is 0.353. The van der Waals surface area contributed by atoms with Gasteiger partial charge >= 0.3 is 12.0 Å². The van der Waals surface area contributed by atoms with Crippen LogP contribution in [0.1, 0.15) is 29.6 Å². The van der Waals surface area contributed by atoms with Crippen molar-refractivity contribution in [2.45, 2.75) is 25.4 Å². The van der Waals surface area contributed by atoms with E-state index in [4.69, 9.17) is 10.00 Å². The smallest absolute Gasteiger partial charge is 0.338 e. The molecule has 1 saturated heterocycles. The molecule has 1 aliphatic heterocycles. The van der Waals surface area contributed by atoms with Gasteiger partial charge in [-0.3, -0.25) is 4.90 Å². The minimum atomic E-state index is -0.397. The van der Waals surface area contributed by atoms with Gasteiger partial charge in [0.05, 0.1) is 11.6 Å². The minimum Gasteiger partial charge on any atom is -0.458 e. The van der Waals surface area contributed by atoms with Gasteiger partial charge in [-0.05, 0) is 37.1 Å². The molecule has 3 rings (SSSR count). The topological polar surface area (TPSA) is 82.4 Å². The van der Waals surface area contributed by atoms with Crippen molar-refractivity contribution in [2.75, 3.05) is 18.0 Å². The van der Waals surface area contributed by atoms with Crippen molar-refractivity contribution in [3.05, 3.63) is 41.5 Å². The molecule has 6 nitrogen and oxygen atoms in total. The quantitative estimate of drug-likeness (QED) is 0.869. The molecule has 2 amide bonds. The zero-order chi connectivity index (χ0) is 16.2. The van der Waals surface area contributed by atoms with Crippen molar-refractivity contribution in [2.24, 2.45) is 0 Å². The average molecular weight is 311 g/mol. The van der Waals surface area contributed by atoms with E-state index in [9.17, 15) is 9.59 Å². The molecular weight excluding hydrogens is 294 g/mol. The van der Waals surface area contributed by atoms with Crippen LogP contribution in [0.4, 0.5) is 10.5 Å². The third-order valence-electron chi connectivity index (χ3n) is 4.02. The summed E-state index contributed by atoms with van der Waals surface area (Å²) in [7, 11) is 0. The highest BCUT2D eigenvalue weighted by atomic mass is 16.5. The zero-order valence-electron chi connectivity index (χ0n) is 12.6. The summed E-state index contributed by atoms with van der Waals surface area (Å²) in [5, 5.41) is 11.7. The van der Waals surface area contributed by atoms with Gasteiger partial charge in [-0.1, -0.05) is 6.08 Å². The van der Waals surface area contributed by atoms with Crippen LogP contribution in [0.2, 0.25) is 0 Å². The fourth-order valence-corrected chi connectivity index (χ4v) is 2.78. The molecule has 118 valence electrons. The standard InChI is InChI=1S/C17H17N3O3/c18-11-12-2-1-3-15(10-12)23-16(21)13-4-6-14(7-5-13)20-9-8-19-17(20)22/h2,4-7,15H,1,3,8-10H2,(H,19,22). The van der Waals surface area contributed by atoms with Crippen LogP contribution in [-0.4, -0.2) is 31.2 Å². The van der Waals surface area contributed by atoms with Gasteiger partial charge < -0.3 is 10.1 Å². The van der Waals surface area contributed by atoms with E-state index in [-0.39, 0.29) is 12.1 Å². The number of hydrogen-bond donors (Lipinski definition) is 1. The monoisotopic (exact) mass is 311 g/mol. The largest absolute Gasteiger partial charge is 0.458 e. The number of allylic oxidation sites excluding steroid dienone is 1. The van der Waals surface area contributed by atoms with E-state index in [0.717, 1.165) is 18.5 Å². The molecule has 1 unspecified atom stereocenters. The van der Waals surface area contributed by atoms with Crippen molar-refractivity contribution < 1.29 is 14.3 Å². The molecule has 0 radical (unpaired) electrons. The second-order valence-electron chi connectivity index (χ2n) is 5.58. The van der Waals surface area contributed by atoms with Gasteiger partial charge in [0, 0.05) is 30.8 Å². The van der Waals surface area contributed by atoms with Crippen LogP contribution in [0.15, 0.2) is 35.9 Å². The Hall–Kier alpha value is -2.81. The molecule has 0 spiro atoms. The highest BCUT2D eigenvalue weighted by Crippen LogP contribution is 2.22. The van der Waals surface area contributed by atoms with Gasteiger partial charge in [0.25, 0.3) is 0 Å². The number of ether oxygens (including phenoxy) is 1. The Balaban J connectivity index is 1.63. The van der Waals surface area contributed by atoms with E-state index < -0.39 is 5.97 Å². The molecule has 1 heterocycles. The van der Waals surface area contributed by atoms with Crippen LogP contribution >= 0.6 is 0 Å². The second kappa shape index (κ2) is 6.53. The van der Waals surface area contributed by atoms with Crippen molar-refractivity contribution in [1.82, 2.24) is 5.32 Å². The third-order valence-corrected chi connectivity index (χ3v) is 4.02. The lowest BCUT2D eigenvalue weighted by atomic mass is 9.98. The molecule has 23 heavy (non-hydrogen) atoms. The Morgan fingerprint density at radius 3 is 2.78 bits per heavy atom. The van der Waals surface area contributed by atoms with E-state index in [1.54, 1.807) is 29.2 Å². The molecule has 1 aliphatic carbocycles. The number of esters is 1. The van der Waals surface area contributed by atoms with Gasteiger partial charge in [0.15, 0.2) is 0 Å². The Morgan fingerprint density at radius 1 is 1.35 bits per heavy atom. The minimum absolute atomic E-state index is 0.127. The highest BCUT2D eigenvalue weighted by Gasteiger charge is 2.23. The zero-order valence-corrected chi connectivity index (χ0v) is 12.6. The Kier molecular flexibility index (Phi) is 4.29. The lowest BCUT2D eigenvalue weighted by Crippen LogP contribution is -2.27. The lowest BCUT2D eigenvalue weighted by Gasteiger charge is -2.20. The van der Waals surface area contributed by atoms with Crippen LogP contribution in [0.3, 0.4) is 0 Å². The Morgan fingerprint density at radius 2 is 2.13 bits per heavy atom. The van der Waals surface area contributed by atoms with Gasteiger partial charge in [-0.2, -0.15) is 5.26 Å². The van der Waals surface area contributed by atoms with E-state index >= 15 is 0 Å². The predicted molar refractivity (Wildman–Crippen MR) is 83.9 cm³/mol. The van der Waals surface area contributed by atoms with Crippen LogP contribution in [0.5, 0.6) is 0 Å². The maximum absolute atomic E-state index is 12.2. The Labute approximate surface area is 134 Å². The number of nitrogens with one attached hydrogen (secondary N) is 1. The van der Waals surface area contributed by atoms with Crippen LogP contribution in [0, 0.1) is 11.3 Å². The molecule has 1 aromatic rings. The van der Waals surface area contributed by atoms with E-state index in [1.807, 2.05) is 6.08 Å². The third kappa shape index (κ3) is 3.34. The molecule has 6 heteroatoms. The van der Waals surface area contributed by atoms with Gasteiger partial charge in [-0.15, -0.1) is 0 Å². The van der Waals surface area contributed by atoms with E-state index in [2.05, 4.69) is 11.4 Å². The summed E-state index contributed by atoms with van der Waals surface area (Å²) in [6, 6.07) is 8.79. The van der Waals surface area contributed by atoms with Crippen LogP contribution in [-0.2, 0) is 4.74 Å².